The minimum absolute atomic E-state index is 0.0356. The predicted octanol–water partition coefficient (Wildman–Crippen LogP) is 1.15. The standard InChI is InChI=1S/C16H24N2O4/c1-11(2)16(3,21)10-17-15(20)12-7-14(19)18(8-12)9-13-5-4-6-22-13/h4-6,11-12,21H,7-10H2,1-3H3,(H,17,20). The summed E-state index contributed by atoms with van der Waals surface area (Å²) < 4.78 is 5.23. The fourth-order valence-electron chi connectivity index (χ4n) is 2.31. The summed E-state index contributed by atoms with van der Waals surface area (Å²) >= 11 is 0. The van der Waals surface area contributed by atoms with Crippen LogP contribution in [0.2, 0.25) is 0 Å². The largest absolute Gasteiger partial charge is 0.467 e. The highest BCUT2D eigenvalue weighted by molar-refractivity contribution is 5.89. The third kappa shape index (κ3) is 3.88. The van der Waals surface area contributed by atoms with Gasteiger partial charge in [0.25, 0.3) is 0 Å². The molecule has 1 fully saturated rings. The van der Waals surface area contributed by atoms with E-state index in [1.165, 1.54) is 0 Å². The molecule has 1 aliphatic heterocycles. The van der Waals surface area contributed by atoms with Crippen molar-refractivity contribution in [2.45, 2.75) is 39.3 Å². The third-order valence-corrected chi connectivity index (χ3v) is 4.38. The first-order valence-corrected chi connectivity index (χ1v) is 7.60. The molecule has 0 aromatic carbocycles. The molecule has 0 saturated carbocycles. The Bertz CT molecular complexity index is 522. The summed E-state index contributed by atoms with van der Waals surface area (Å²) in [6.45, 7) is 6.45. The molecule has 0 spiro atoms. The zero-order valence-corrected chi connectivity index (χ0v) is 13.3. The Morgan fingerprint density at radius 2 is 2.32 bits per heavy atom. The van der Waals surface area contributed by atoms with Gasteiger partial charge >= 0.3 is 0 Å². The van der Waals surface area contributed by atoms with E-state index in [0.717, 1.165) is 0 Å². The maximum absolute atomic E-state index is 12.2. The van der Waals surface area contributed by atoms with Gasteiger partial charge < -0.3 is 19.7 Å². The Morgan fingerprint density at radius 1 is 1.59 bits per heavy atom. The van der Waals surface area contributed by atoms with E-state index in [4.69, 9.17) is 4.42 Å². The van der Waals surface area contributed by atoms with Crippen molar-refractivity contribution in [1.29, 1.82) is 0 Å². The van der Waals surface area contributed by atoms with Crippen LogP contribution < -0.4 is 5.32 Å². The van der Waals surface area contributed by atoms with Gasteiger partial charge in [-0.2, -0.15) is 0 Å². The normalized spacial score (nSPS) is 21.2. The molecule has 2 heterocycles. The lowest BCUT2D eigenvalue weighted by atomic mass is 9.92. The Morgan fingerprint density at radius 3 is 2.91 bits per heavy atom. The second-order valence-corrected chi connectivity index (χ2v) is 6.48. The maximum atomic E-state index is 12.2. The smallest absolute Gasteiger partial charge is 0.225 e. The number of nitrogens with zero attached hydrogens (tertiary/aromatic N) is 1. The first-order chi connectivity index (χ1) is 10.3. The van der Waals surface area contributed by atoms with E-state index in [1.807, 2.05) is 13.8 Å². The molecule has 1 aliphatic rings. The molecule has 2 unspecified atom stereocenters. The Hall–Kier alpha value is -1.82. The van der Waals surface area contributed by atoms with Crippen LogP contribution >= 0.6 is 0 Å². The van der Waals surface area contributed by atoms with Crippen LogP contribution in [0.4, 0.5) is 0 Å². The summed E-state index contributed by atoms with van der Waals surface area (Å²) in [4.78, 5) is 25.8. The first kappa shape index (κ1) is 16.5. The second kappa shape index (κ2) is 6.52. The van der Waals surface area contributed by atoms with Crippen molar-refractivity contribution in [3.8, 4) is 0 Å². The van der Waals surface area contributed by atoms with Gasteiger partial charge in [-0.3, -0.25) is 9.59 Å². The van der Waals surface area contributed by atoms with Gasteiger partial charge in [-0.05, 0) is 25.0 Å². The van der Waals surface area contributed by atoms with Crippen LogP contribution in [0.25, 0.3) is 0 Å². The summed E-state index contributed by atoms with van der Waals surface area (Å²) in [6.07, 6.45) is 1.77. The molecule has 22 heavy (non-hydrogen) atoms. The average Bonchev–Trinajstić information content (AvgIpc) is 3.07. The van der Waals surface area contributed by atoms with Gasteiger partial charge in [-0.15, -0.1) is 0 Å². The van der Waals surface area contributed by atoms with E-state index >= 15 is 0 Å². The SMILES string of the molecule is CC(C)C(C)(O)CNC(=O)C1CC(=O)N(Cc2ccco2)C1. The van der Waals surface area contributed by atoms with Crippen LogP contribution in [0.5, 0.6) is 0 Å². The highest BCUT2D eigenvalue weighted by atomic mass is 16.3. The topological polar surface area (TPSA) is 82.8 Å². The van der Waals surface area contributed by atoms with Gasteiger partial charge in [0, 0.05) is 19.5 Å². The number of furan rings is 1. The van der Waals surface area contributed by atoms with Gasteiger partial charge in [0.05, 0.1) is 24.3 Å². The molecule has 1 aromatic rings. The zero-order chi connectivity index (χ0) is 16.3. The molecular formula is C16H24N2O4. The minimum Gasteiger partial charge on any atom is -0.467 e. The molecule has 2 atom stereocenters. The lowest BCUT2D eigenvalue weighted by molar-refractivity contribution is -0.129. The quantitative estimate of drug-likeness (QED) is 0.826. The maximum Gasteiger partial charge on any atom is 0.225 e. The number of hydrogen-bond acceptors (Lipinski definition) is 4. The number of nitrogens with one attached hydrogen (secondary N) is 1. The number of rotatable bonds is 6. The fourth-order valence-corrected chi connectivity index (χ4v) is 2.31. The number of likely N-dealkylation sites (tertiary alicyclic amines) is 1. The van der Waals surface area contributed by atoms with Crippen LogP contribution in [0.15, 0.2) is 22.8 Å². The van der Waals surface area contributed by atoms with E-state index in [9.17, 15) is 14.7 Å². The summed E-state index contributed by atoms with van der Waals surface area (Å²) in [5, 5.41) is 12.9. The highest BCUT2D eigenvalue weighted by Crippen LogP contribution is 2.21. The van der Waals surface area contributed by atoms with Gasteiger partial charge in [-0.1, -0.05) is 13.8 Å². The average molecular weight is 308 g/mol. The Labute approximate surface area is 130 Å². The molecule has 0 aliphatic carbocycles. The number of carbonyl (C=O) groups is 2. The molecule has 2 amide bonds. The summed E-state index contributed by atoms with van der Waals surface area (Å²) in [7, 11) is 0. The van der Waals surface area contributed by atoms with E-state index < -0.39 is 5.60 Å². The van der Waals surface area contributed by atoms with Crippen molar-refractivity contribution in [1.82, 2.24) is 10.2 Å². The number of amides is 2. The fraction of sp³-hybridized carbons (Fsp3) is 0.625. The van der Waals surface area contributed by atoms with Crippen molar-refractivity contribution in [2.75, 3.05) is 13.1 Å². The minimum atomic E-state index is -0.952. The van der Waals surface area contributed by atoms with E-state index in [-0.39, 0.29) is 36.6 Å². The highest BCUT2D eigenvalue weighted by Gasteiger charge is 2.35. The van der Waals surface area contributed by atoms with Crippen molar-refractivity contribution in [2.24, 2.45) is 11.8 Å². The van der Waals surface area contributed by atoms with Crippen LogP contribution in [-0.2, 0) is 16.1 Å². The van der Waals surface area contributed by atoms with Crippen LogP contribution in [-0.4, -0.2) is 40.5 Å². The molecular weight excluding hydrogens is 284 g/mol. The second-order valence-electron chi connectivity index (χ2n) is 6.48. The molecule has 2 N–H and O–H groups in total. The third-order valence-electron chi connectivity index (χ3n) is 4.38. The molecule has 1 aromatic heterocycles. The van der Waals surface area contributed by atoms with Crippen molar-refractivity contribution < 1.29 is 19.1 Å². The number of aliphatic hydroxyl groups is 1. The lowest BCUT2D eigenvalue weighted by Gasteiger charge is -2.28. The molecule has 1 saturated heterocycles. The molecule has 6 nitrogen and oxygen atoms in total. The molecule has 2 rings (SSSR count). The number of hydrogen-bond donors (Lipinski definition) is 2. The van der Waals surface area contributed by atoms with Gasteiger partial charge in [0.1, 0.15) is 5.76 Å². The van der Waals surface area contributed by atoms with Crippen LogP contribution in [0, 0.1) is 11.8 Å². The van der Waals surface area contributed by atoms with Crippen molar-refractivity contribution in [3.05, 3.63) is 24.2 Å². The van der Waals surface area contributed by atoms with Crippen LogP contribution in [0.1, 0.15) is 33.0 Å². The lowest BCUT2D eigenvalue weighted by Crippen LogP contribution is -2.46. The Kier molecular flexibility index (Phi) is 4.90. The summed E-state index contributed by atoms with van der Waals surface area (Å²) in [5.74, 6) is 0.138. The van der Waals surface area contributed by atoms with Gasteiger partial charge in [0.15, 0.2) is 0 Å². The van der Waals surface area contributed by atoms with E-state index in [2.05, 4.69) is 5.32 Å². The van der Waals surface area contributed by atoms with Gasteiger partial charge in [0.2, 0.25) is 11.8 Å². The van der Waals surface area contributed by atoms with Gasteiger partial charge in [-0.25, -0.2) is 0 Å². The van der Waals surface area contributed by atoms with Crippen molar-refractivity contribution in [3.63, 3.8) is 0 Å². The number of carbonyl (C=O) groups excluding carboxylic acids is 2. The zero-order valence-electron chi connectivity index (χ0n) is 13.3. The van der Waals surface area contributed by atoms with Crippen molar-refractivity contribution >= 4 is 11.8 Å². The Balaban J connectivity index is 1.86. The monoisotopic (exact) mass is 308 g/mol. The molecule has 0 radical (unpaired) electrons. The van der Waals surface area contributed by atoms with Crippen LogP contribution in [0.3, 0.4) is 0 Å². The van der Waals surface area contributed by atoms with E-state index in [1.54, 1.807) is 30.2 Å². The molecule has 122 valence electrons. The summed E-state index contributed by atoms with van der Waals surface area (Å²) in [6, 6.07) is 3.58. The predicted molar refractivity (Wildman–Crippen MR) is 80.7 cm³/mol. The molecule has 0 bridgehead atoms. The first-order valence-electron chi connectivity index (χ1n) is 7.60. The van der Waals surface area contributed by atoms with E-state index in [0.29, 0.717) is 18.8 Å². The summed E-state index contributed by atoms with van der Waals surface area (Å²) in [5.41, 5.74) is -0.952. The molecule has 6 heteroatoms.